The second kappa shape index (κ2) is 5.13. The van der Waals surface area contributed by atoms with Gasteiger partial charge < -0.3 is 0 Å². The molecule has 0 aromatic carbocycles. The summed E-state index contributed by atoms with van der Waals surface area (Å²) >= 11 is 1.43. The quantitative estimate of drug-likeness (QED) is 0.938. The first kappa shape index (κ1) is 13.1. The van der Waals surface area contributed by atoms with Crippen LogP contribution in [-0.2, 0) is 10.0 Å². The van der Waals surface area contributed by atoms with Gasteiger partial charge in [-0.3, -0.25) is 0 Å². The SMILES string of the molecule is CC(NS(=O)(=O)c1ncccc1F)c1cccs1. The molecule has 0 aliphatic carbocycles. The van der Waals surface area contributed by atoms with Crippen molar-refractivity contribution < 1.29 is 12.8 Å². The molecule has 96 valence electrons. The lowest BCUT2D eigenvalue weighted by molar-refractivity contribution is 0.537. The first-order valence-electron chi connectivity index (χ1n) is 5.17. The summed E-state index contributed by atoms with van der Waals surface area (Å²) in [5, 5.41) is 1.27. The lowest BCUT2D eigenvalue weighted by Gasteiger charge is -2.12. The van der Waals surface area contributed by atoms with E-state index in [4.69, 9.17) is 0 Å². The zero-order valence-electron chi connectivity index (χ0n) is 9.50. The standard InChI is InChI=1S/C11H11FN2O2S2/c1-8(10-5-3-7-17-10)14-18(15,16)11-9(12)4-2-6-13-11/h2-8,14H,1H3. The Bertz CT molecular complexity index is 626. The molecule has 18 heavy (non-hydrogen) atoms. The van der Waals surface area contributed by atoms with Crippen molar-refractivity contribution in [1.82, 2.24) is 9.71 Å². The topological polar surface area (TPSA) is 59.1 Å². The molecule has 0 spiro atoms. The summed E-state index contributed by atoms with van der Waals surface area (Å²) in [6, 6.07) is 5.63. The highest BCUT2D eigenvalue weighted by Crippen LogP contribution is 2.21. The van der Waals surface area contributed by atoms with Gasteiger partial charge in [0.1, 0.15) is 0 Å². The molecule has 1 N–H and O–H groups in total. The molecule has 2 aromatic rings. The zero-order valence-corrected chi connectivity index (χ0v) is 11.1. The van der Waals surface area contributed by atoms with Crippen LogP contribution >= 0.6 is 11.3 Å². The van der Waals surface area contributed by atoms with Gasteiger partial charge in [-0.05, 0) is 30.5 Å². The molecule has 0 bridgehead atoms. The van der Waals surface area contributed by atoms with E-state index >= 15 is 0 Å². The van der Waals surface area contributed by atoms with E-state index in [2.05, 4.69) is 9.71 Å². The fraction of sp³-hybridized carbons (Fsp3) is 0.182. The Hall–Kier alpha value is -1.31. The molecule has 1 unspecified atom stereocenters. The summed E-state index contributed by atoms with van der Waals surface area (Å²) in [6.45, 7) is 1.70. The molecule has 1 atom stereocenters. The minimum absolute atomic E-state index is 0.420. The molecule has 0 amide bonds. The number of hydrogen-bond donors (Lipinski definition) is 1. The Labute approximate surface area is 109 Å². The van der Waals surface area contributed by atoms with Crippen LogP contribution < -0.4 is 4.72 Å². The van der Waals surface area contributed by atoms with Gasteiger partial charge >= 0.3 is 0 Å². The van der Waals surface area contributed by atoms with Crippen LogP contribution in [0.4, 0.5) is 4.39 Å². The number of nitrogens with zero attached hydrogens (tertiary/aromatic N) is 1. The van der Waals surface area contributed by atoms with Gasteiger partial charge in [-0.1, -0.05) is 6.07 Å². The molecule has 0 aliphatic rings. The number of sulfonamides is 1. The molecule has 7 heteroatoms. The maximum atomic E-state index is 13.4. The Morgan fingerprint density at radius 2 is 2.17 bits per heavy atom. The third-order valence-electron chi connectivity index (χ3n) is 2.28. The van der Waals surface area contributed by atoms with Crippen LogP contribution in [0.1, 0.15) is 17.8 Å². The molecule has 4 nitrogen and oxygen atoms in total. The number of aromatic nitrogens is 1. The lowest BCUT2D eigenvalue weighted by Crippen LogP contribution is -2.28. The number of rotatable bonds is 4. The van der Waals surface area contributed by atoms with E-state index in [0.717, 1.165) is 10.9 Å². The van der Waals surface area contributed by atoms with Crippen molar-refractivity contribution >= 4 is 21.4 Å². The minimum Gasteiger partial charge on any atom is -0.241 e. The minimum atomic E-state index is -3.95. The third-order valence-corrected chi connectivity index (χ3v) is 4.81. The molecule has 2 heterocycles. The monoisotopic (exact) mass is 286 g/mol. The van der Waals surface area contributed by atoms with Gasteiger partial charge in [0.2, 0.25) is 5.03 Å². The van der Waals surface area contributed by atoms with Crippen molar-refractivity contribution in [1.29, 1.82) is 0 Å². The van der Waals surface area contributed by atoms with E-state index in [9.17, 15) is 12.8 Å². The van der Waals surface area contributed by atoms with Gasteiger partial charge in [-0.25, -0.2) is 22.5 Å². The second-order valence-corrected chi connectivity index (χ2v) is 6.26. The average Bonchev–Trinajstić information content (AvgIpc) is 2.82. The summed E-state index contributed by atoms with van der Waals surface area (Å²) in [5.41, 5.74) is 0. The molecular formula is C11H11FN2O2S2. The van der Waals surface area contributed by atoms with Crippen LogP contribution in [0, 0.1) is 5.82 Å². The van der Waals surface area contributed by atoms with Crippen LogP contribution in [0.3, 0.4) is 0 Å². The highest BCUT2D eigenvalue weighted by molar-refractivity contribution is 7.89. The predicted octanol–water partition coefficient (Wildman–Crippen LogP) is 2.32. The Morgan fingerprint density at radius 1 is 1.39 bits per heavy atom. The maximum absolute atomic E-state index is 13.4. The number of pyridine rings is 1. The van der Waals surface area contributed by atoms with Gasteiger partial charge in [0.15, 0.2) is 5.82 Å². The normalized spacial score (nSPS) is 13.4. The van der Waals surface area contributed by atoms with E-state index in [1.807, 2.05) is 17.5 Å². The van der Waals surface area contributed by atoms with Crippen LogP contribution in [0.15, 0.2) is 40.9 Å². The summed E-state index contributed by atoms with van der Waals surface area (Å²) in [4.78, 5) is 4.42. The summed E-state index contributed by atoms with van der Waals surface area (Å²) in [5.74, 6) is -0.858. The van der Waals surface area contributed by atoms with Gasteiger partial charge in [-0.15, -0.1) is 11.3 Å². The maximum Gasteiger partial charge on any atom is 0.261 e. The van der Waals surface area contributed by atoms with E-state index in [0.29, 0.717) is 0 Å². The number of thiophene rings is 1. The summed E-state index contributed by atoms with van der Waals surface area (Å²) < 4.78 is 39.7. The smallest absolute Gasteiger partial charge is 0.241 e. The zero-order chi connectivity index (χ0) is 13.2. The van der Waals surface area contributed by atoms with Crippen molar-refractivity contribution in [2.45, 2.75) is 18.0 Å². The highest BCUT2D eigenvalue weighted by Gasteiger charge is 2.23. The van der Waals surface area contributed by atoms with E-state index in [1.165, 1.54) is 23.6 Å². The van der Waals surface area contributed by atoms with Crippen molar-refractivity contribution in [2.75, 3.05) is 0 Å². The van der Waals surface area contributed by atoms with E-state index < -0.39 is 26.9 Å². The van der Waals surface area contributed by atoms with E-state index in [1.54, 1.807) is 6.92 Å². The second-order valence-electron chi connectivity index (χ2n) is 3.65. The Balaban J connectivity index is 2.26. The molecule has 2 rings (SSSR count). The Morgan fingerprint density at radius 3 is 2.78 bits per heavy atom. The van der Waals surface area contributed by atoms with Gasteiger partial charge in [0.05, 0.1) is 6.04 Å². The summed E-state index contributed by atoms with van der Waals surface area (Å²) in [7, 11) is -3.95. The average molecular weight is 286 g/mol. The molecule has 0 aliphatic heterocycles. The number of halogens is 1. The van der Waals surface area contributed by atoms with E-state index in [-0.39, 0.29) is 0 Å². The molecule has 0 saturated carbocycles. The molecule has 0 saturated heterocycles. The molecule has 0 radical (unpaired) electrons. The van der Waals surface area contributed by atoms with Crippen LogP contribution in [0.25, 0.3) is 0 Å². The van der Waals surface area contributed by atoms with Crippen LogP contribution in [-0.4, -0.2) is 13.4 Å². The molecule has 2 aromatic heterocycles. The van der Waals surface area contributed by atoms with Crippen molar-refractivity contribution in [2.24, 2.45) is 0 Å². The lowest BCUT2D eigenvalue weighted by atomic mass is 10.3. The molecular weight excluding hydrogens is 275 g/mol. The Kier molecular flexibility index (Phi) is 3.74. The number of nitrogens with one attached hydrogen (secondary N) is 1. The van der Waals surface area contributed by atoms with Crippen LogP contribution in [0.2, 0.25) is 0 Å². The van der Waals surface area contributed by atoms with Crippen molar-refractivity contribution in [3.8, 4) is 0 Å². The first-order valence-corrected chi connectivity index (χ1v) is 7.53. The fourth-order valence-electron chi connectivity index (χ4n) is 1.45. The fourth-order valence-corrected chi connectivity index (χ4v) is 3.49. The van der Waals surface area contributed by atoms with Crippen LogP contribution in [0.5, 0.6) is 0 Å². The summed E-state index contributed by atoms with van der Waals surface area (Å²) in [6.07, 6.45) is 1.24. The largest absolute Gasteiger partial charge is 0.261 e. The highest BCUT2D eigenvalue weighted by atomic mass is 32.2. The first-order chi connectivity index (χ1) is 8.50. The van der Waals surface area contributed by atoms with Gasteiger partial charge in [0.25, 0.3) is 10.0 Å². The number of hydrogen-bond acceptors (Lipinski definition) is 4. The molecule has 0 fully saturated rings. The predicted molar refractivity (Wildman–Crippen MR) is 67.3 cm³/mol. The van der Waals surface area contributed by atoms with Gasteiger partial charge in [-0.2, -0.15) is 0 Å². The third kappa shape index (κ3) is 2.74. The van der Waals surface area contributed by atoms with Crippen molar-refractivity contribution in [3.63, 3.8) is 0 Å². The van der Waals surface area contributed by atoms with Crippen molar-refractivity contribution in [3.05, 3.63) is 46.5 Å². The van der Waals surface area contributed by atoms with Gasteiger partial charge in [0, 0.05) is 11.1 Å².